The third kappa shape index (κ3) is 4.82. The van der Waals surface area contributed by atoms with Gasteiger partial charge in [-0.1, -0.05) is 127 Å². The zero-order valence-electron chi connectivity index (χ0n) is 25.2. The van der Waals surface area contributed by atoms with Gasteiger partial charge in [-0.2, -0.15) is 0 Å². The number of nitrogens with zero attached hydrogens (tertiary/aromatic N) is 4. The minimum atomic E-state index is 0.621. The van der Waals surface area contributed by atoms with Crippen LogP contribution in [0.15, 0.2) is 162 Å². The van der Waals surface area contributed by atoms with E-state index < -0.39 is 0 Å². The van der Waals surface area contributed by atoms with Gasteiger partial charge in [-0.05, 0) is 57.6 Å². The van der Waals surface area contributed by atoms with Crippen LogP contribution in [0.4, 0.5) is 0 Å². The number of rotatable bonds is 5. The minimum absolute atomic E-state index is 0.621. The fourth-order valence-electron chi connectivity index (χ4n) is 6.26. The molecule has 0 aliphatic rings. The van der Waals surface area contributed by atoms with E-state index in [1.807, 2.05) is 97.1 Å². The predicted octanol–water partition coefficient (Wildman–Crippen LogP) is 10.7. The summed E-state index contributed by atoms with van der Waals surface area (Å²) in [5.41, 5.74) is 7.65. The van der Waals surface area contributed by atoms with E-state index in [4.69, 9.17) is 24.4 Å². The van der Waals surface area contributed by atoms with Crippen LogP contribution in [-0.2, 0) is 0 Å². The van der Waals surface area contributed by atoms with Gasteiger partial charge in [0.15, 0.2) is 23.1 Å². The first-order valence-electron chi connectivity index (χ1n) is 15.6. The summed E-state index contributed by atoms with van der Waals surface area (Å²) in [6, 6.07) is 53.6. The van der Waals surface area contributed by atoms with Crippen LogP contribution < -0.4 is 0 Å². The Morgan fingerprint density at radius 1 is 0.362 bits per heavy atom. The Kier molecular flexibility index (Phi) is 6.39. The van der Waals surface area contributed by atoms with Gasteiger partial charge in [0.05, 0.1) is 0 Å². The molecule has 0 amide bonds. The summed E-state index contributed by atoms with van der Waals surface area (Å²) in [6.45, 7) is 0. The molecule has 5 heteroatoms. The molecular formula is C42H26N4O. The number of hydrogen-bond donors (Lipinski definition) is 0. The third-order valence-corrected chi connectivity index (χ3v) is 8.57. The van der Waals surface area contributed by atoms with Gasteiger partial charge in [0.1, 0.15) is 5.52 Å². The molecule has 9 aromatic rings. The number of benzene rings is 7. The molecule has 0 aliphatic carbocycles. The van der Waals surface area contributed by atoms with E-state index in [0.717, 1.165) is 66.0 Å². The molecule has 7 aromatic carbocycles. The van der Waals surface area contributed by atoms with Crippen molar-refractivity contribution in [2.75, 3.05) is 0 Å². The molecule has 0 radical (unpaired) electrons. The van der Waals surface area contributed by atoms with Crippen molar-refractivity contribution in [3.63, 3.8) is 0 Å². The van der Waals surface area contributed by atoms with Crippen LogP contribution in [0.25, 0.3) is 89.4 Å². The van der Waals surface area contributed by atoms with Crippen LogP contribution in [0.5, 0.6) is 0 Å². The number of oxazole rings is 1. The Labute approximate surface area is 270 Å². The summed E-state index contributed by atoms with van der Waals surface area (Å²) >= 11 is 0. The molecule has 0 fully saturated rings. The second-order valence-corrected chi connectivity index (χ2v) is 11.5. The molecule has 0 aliphatic heterocycles. The van der Waals surface area contributed by atoms with Crippen molar-refractivity contribution in [3.05, 3.63) is 158 Å². The van der Waals surface area contributed by atoms with Gasteiger partial charge < -0.3 is 4.42 Å². The minimum Gasteiger partial charge on any atom is -0.436 e. The Morgan fingerprint density at radius 2 is 0.894 bits per heavy atom. The van der Waals surface area contributed by atoms with Gasteiger partial charge in [0.2, 0.25) is 5.89 Å². The highest BCUT2D eigenvalue weighted by molar-refractivity contribution is 6.09. The monoisotopic (exact) mass is 602 g/mol. The van der Waals surface area contributed by atoms with E-state index >= 15 is 0 Å². The first-order valence-corrected chi connectivity index (χ1v) is 15.6. The Morgan fingerprint density at radius 3 is 1.55 bits per heavy atom. The fourth-order valence-corrected chi connectivity index (χ4v) is 6.26. The summed E-state index contributed by atoms with van der Waals surface area (Å²) in [4.78, 5) is 19.8. The normalized spacial score (nSPS) is 11.4. The maximum Gasteiger partial charge on any atom is 0.227 e. The second kappa shape index (κ2) is 11.2. The molecule has 2 aromatic heterocycles. The number of fused-ring (bicyclic) bond motifs is 4. The van der Waals surface area contributed by atoms with E-state index in [2.05, 4.69) is 60.7 Å². The lowest BCUT2D eigenvalue weighted by Gasteiger charge is -2.13. The maximum absolute atomic E-state index is 6.20. The van der Waals surface area contributed by atoms with E-state index in [1.54, 1.807) is 0 Å². The van der Waals surface area contributed by atoms with Crippen LogP contribution >= 0.6 is 0 Å². The van der Waals surface area contributed by atoms with Crippen LogP contribution in [-0.4, -0.2) is 19.9 Å². The highest BCUT2D eigenvalue weighted by Crippen LogP contribution is 2.38. The van der Waals surface area contributed by atoms with Crippen molar-refractivity contribution < 1.29 is 4.42 Å². The highest BCUT2D eigenvalue weighted by Gasteiger charge is 2.17. The average Bonchev–Trinajstić information content (AvgIpc) is 3.60. The standard InChI is InChI=1S/C42H26N4O/c1-4-12-28(13-5-1)39-44-40(29-14-6-2-7-15-29)46-41(45-39)35-24-23-32(33-18-10-11-19-34(33)35)31-21-20-27-22-25-37-38(36(27)26-31)43-42(47-37)30-16-8-3-9-17-30/h1-26H. The van der Waals surface area contributed by atoms with Crippen molar-refractivity contribution in [1.29, 1.82) is 0 Å². The van der Waals surface area contributed by atoms with Crippen molar-refractivity contribution in [2.45, 2.75) is 0 Å². The molecule has 2 heterocycles. The van der Waals surface area contributed by atoms with Crippen molar-refractivity contribution >= 4 is 32.6 Å². The molecular weight excluding hydrogens is 576 g/mol. The van der Waals surface area contributed by atoms with Gasteiger partial charge in [-0.25, -0.2) is 19.9 Å². The first kappa shape index (κ1) is 26.9. The molecule has 0 spiro atoms. The Balaban J connectivity index is 1.21. The molecule has 0 bridgehead atoms. The lowest BCUT2D eigenvalue weighted by molar-refractivity contribution is 0.620. The smallest absolute Gasteiger partial charge is 0.227 e. The largest absolute Gasteiger partial charge is 0.436 e. The van der Waals surface area contributed by atoms with Crippen molar-refractivity contribution in [2.24, 2.45) is 0 Å². The average molecular weight is 603 g/mol. The summed E-state index contributed by atoms with van der Waals surface area (Å²) < 4.78 is 6.20. The van der Waals surface area contributed by atoms with Gasteiger partial charge in [-0.3, -0.25) is 0 Å². The van der Waals surface area contributed by atoms with Crippen LogP contribution in [0.1, 0.15) is 0 Å². The molecule has 220 valence electrons. The topological polar surface area (TPSA) is 64.7 Å². The highest BCUT2D eigenvalue weighted by atomic mass is 16.3. The van der Waals surface area contributed by atoms with Crippen LogP contribution in [0.2, 0.25) is 0 Å². The van der Waals surface area contributed by atoms with Gasteiger partial charge in [0, 0.05) is 27.6 Å². The number of aromatic nitrogens is 4. The summed E-state index contributed by atoms with van der Waals surface area (Å²) in [7, 11) is 0. The molecule has 0 saturated heterocycles. The SMILES string of the molecule is c1ccc(-c2nc(-c3ccccc3)nc(-c3ccc(-c4ccc5ccc6oc(-c7ccccc7)nc6c5c4)c4ccccc34)n2)cc1. The van der Waals surface area contributed by atoms with Gasteiger partial charge in [0.25, 0.3) is 0 Å². The van der Waals surface area contributed by atoms with Crippen molar-refractivity contribution in [3.8, 4) is 56.7 Å². The summed E-state index contributed by atoms with van der Waals surface area (Å²) in [6.07, 6.45) is 0. The lowest BCUT2D eigenvalue weighted by atomic mass is 9.93. The summed E-state index contributed by atoms with van der Waals surface area (Å²) in [5.74, 6) is 2.54. The zero-order valence-corrected chi connectivity index (χ0v) is 25.2. The summed E-state index contributed by atoms with van der Waals surface area (Å²) in [5, 5.41) is 4.35. The second-order valence-electron chi connectivity index (χ2n) is 11.5. The van der Waals surface area contributed by atoms with E-state index in [1.165, 1.54) is 0 Å². The molecule has 0 N–H and O–H groups in total. The quantitative estimate of drug-likeness (QED) is 0.196. The van der Waals surface area contributed by atoms with Gasteiger partial charge in [-0.15, -0.1) is 0 Å². The Bertz CT molecular complexity index is 2500. The third-order valence-electron chi connectivity index (χ3n) is 8.57. The lowest BCUT2D eigenvalue weighted by Crippen LogP contribution is -2.00. The van der Waals surface area contributed by atoms with E-state index in [-0.39, 0.29) is 0 Å². The predicted molar refractivity (Wildman–Crippen MR) is 190 cm³/mol. The van der Waals surface area contributed by atoms with Gasteiger partial charge >= 0.3 is 0 Å². The molecule has 0 saturated carbocycles. The fraction of sp³-hybridized carbons (Fsp3) is 0. The zero-order chi connectivity index (χ0) is 31.2. The van der Waals surface area contributed by atoms with E-state index in [0.29, 0.717) is 23.4 Å². The van der Waals surface area contributed by atoms with Crippen molar-refractivity contribution in [1.82, 2.24) is 19.9 Å². The first-order chi connectivity index (χ1) is 23.3. The molecule has 5 nitrogen and oxygen atoms in total. The maximum atomic E-state index is 6.20. The molecule has 0 unspecified atom stereocenters. The molecule has 0 atom stereocenters. The van der Waals surface area contributed by atoms with Crippen LogP contribution in [0, 0.1) is 0 Å². The van der Waals surface area contributed by atoms with E-state index in [9.17, 15) is 0 Å². The molecule has 9 rings (SSSR count). The Hall–Kier alpha value is -6.46. The van der Waals surface area contributed by atoms with Crippen LogP contribution in [0.3, 0.4) is 0 Å². The molecule has 47 heavy (non-hydrogen) atoms. The number of hydrogen-bond acceptors (Lipinski definition) is 5.